The van der Waals surface area contributed by atoms with Crippen molar-refractivity contribution in [3.05, 3.63) is 0 Å². The van der Waals surface area contributed by atoms with Crippen molar-refractivity contribution in [3.8, 4) is 0 Å². The minimum Gasteiger partial charge on any atom is -0.385 e. The van der Waals surface area contributed by atoms with E-state index in [9.17, 15) is 4.79 Å². The molecule has 0 saturated carbocycles. The fourth-order valence-electron chi connectivity index (χ4n) is 1.85. The quantitative estimate of drug-likeness (QED) is 0.700. The van der Waals surface area contributed by atoms with Gasteiger partial charge in [0.25, 0.3) is 0 Å². The fraction of sp³-hybridized carbons (Fsp3) is 0.923. The molecule has 0 aromatic rings. The summed E-state index contributed by atoms with van der Waals surface area (Å²) in [5.41, 5.74) is 0.0716. The Balaban J connectivity index is 2.19. The van der Waals surface area contributed by atoms with E-state index in [-0.39, 0.29) is 17.4 Å². The number of hydrogen-bond donors (Lipinski definition) is 2. The van der Waals surface area contributed by atoms with Crippen LogP contribution in [-0.4, -0.2) is 52.0 Å². The molecule has 1 amide bonds. The van der Waals surface area contributed by atoms with Crippen molar-refractivity contribution in [1.29, 1.82) is 0 Å². The molecule has 0 aromatic heterocycles. The normalized spacial score (nSPS) is 20.7. The molecule has 1 unspecified atom stereocenters. The molecule has 1 fully saturated rings. The smallest absolute Gasteiger partial charge is 0.221 e. The molecule has 1 saturated heterocycles. The van der Waals surface area contributed by atoms with Gasteiger partial charge in [0.2, 0.25) is 5.91 Å². The molecule has 0 radical (unpaired) electrons. The Bertz CT molecular complexity index is 251. The highest BCUT2D eigenvalue weighted by molar-refractivity contribution is 5.76. The molecule has 0 aromatic carbocycles. The topological polar surface area (TPSA) is 59.6 Å². The first-order valence-corrected chi connectivity index (χ1v) is 6.60. The molecule has 106 valence electrons. The maximum Gasteiger partial charge on any atom is 0.221 e. The Morgan fingerprint density at radius 1 is 1.56 bits per heavy atom. The standard InChI is InChI=1S/C13H26N2O3/c1-13(2,4-6-17-3)10-15-12(16)8-11-9-18-7-5-14-11/h11,14H,4-10H2,1-3H3,(H,15,16). The molecule has 0 spiro atoms. The molecule has 1 rings (SSSR count). The van der Waals surface area contributed by atoms with Crippen molar-refractivity contribution in [1.82, 2.24) is 10.6 Å². The Kier molecular flexibility index (Phi) is 6.60. The lowest BCUT2D eigenvalue weighted by atomic mass is 9.89. The zero-order chi connectivity index (χ0) is 13.4. The number of hydrogen-bond acceptors (Lipinski definition) is 4. The highest BCUT2D eigenvalue weighted by Gasteiger charge is 2.21. The first-order valence-electron chi connectivity index (χ1n) is 6.60. The van der Waals surface area contributed by atoms with E-state index in [1.54, 1.807) is 7.11 Å². The van der Waals surface area contributed by atoms with Gasteiger partial charge in [-0.05, 0) is 11.8 Å². The van der Waals surface area contributed by atoms with Crippen LogP contribution >= 0.6 is 0 Å². The van der Waals surface area contributed by atoms with Crippen molar-refractivity contribution >= 4 is 5.91 Å². The van der Waals surface area contributed by atoms with Gasteiger partial charge in [0.15, 0.2) is 0 Å². The third-order valence-electron chi connectivity index (χ3n) is 3.18. The first kappa shape index (κ1) is 15.4. The van der Waals surface area contributed by atoms with Gasteiger partial charge in [0.05, 0.1) is 13.2 Å². The van der Waals surface area contributed by atoms with E-state index in [1.807, 2.05) is 0 Å². The lowest BCUT2D eigenvalue weighted by molar-refractivity contribution is -0.122. The van der Waals surface area contributed by atoms with E-state index in [2.05, 4.69) is 24.5 Å². The van der Waals surface area contributed by atoms with Gasteiger partial charge >= 0.3 is 0 Å². The molecule has 0 bridgehead atoms. The second kappa shape index (κ2) is 7.71. The Morgan fingerprint density at radius 2 is 2.33 bits per heavy atom. The van der Waals surface area contributed by atoms with Crippen LogP contribution in [0.4, 0.5) is 0 Å². The molecule has 18 heavy (non-hydrogen) atoms. The van der Waals surface area contributed by atoms with Crippen molar-refractivity contribution in [3.63, 3.8) is 0 Å². The van der Waals surface area contributed by atoms with Gasteiger partial charge < -0.3 is 20.1 Å². The maximum atomic E-state index is 11.8. The van der Waals surface area contributed by atoms with E-state index < -0.39 is 0 Å². The molecule has 1 atom stereocenters. The number of morpholine rings is 1. The van der Waals surface area contributed by atoms with Gasteiger partial charge in [-0.2, -0.15) is 0 Å². The van der Waals surface area contributed by atoms with E-state index in [0.29, 0.717) is 19.6 Å². The summed E-state index contributed by atoms with van der Waals surface area (Å²) in [6.45, 7) is 7.87. The number of carbonyl (C=O) groups is 1. The molecule has 0 aliphatic carbocycles. The number of ether oxygens (including phenoxy) is 2. The van der Waals surface area contributed by atoms with Crippen molar-refractivity contribution in [2.45, 2.75) is 32.7 Å². The summed E-state index contributed by atoms with van der Waals surface area (Å²) in [6, 6.07) is 0.154. The van der Waals surface area contributed by atoms with Gasteiger partial charge in [-0.15, -0.1) is 0 Å². The Labute approximate surface area is 110 Å². The van der Waals surface area contributed by atoms with Gasteiger partial charge in [0, 0.05) is 39.3 Å². The van der Waals surface area contributed by atoms with Crippen LogP contribution in [0, 0.1) is 5.41 Å². The summed E-state index contributed by atoms with van der Waals surface area (Å²) < 4.78 is 10.4. The van der Waals surface area contributed by atoms with Crippen LogP contribution in [0.3, 0.4) is 0 Å². The zero-order valence-electron chi connectivity index (χ0n) is 11.8. The summed E-state index contributed by atoms with van der Waals surface area (Å²) in [5.74, 6) is 0.0866. The van der Waals surface area contributed by atoms with Crippen LogP contribution < -0.4 is 10.6 Å². The minimum atomic E-state index is 0.0716. The first-order chi connectivity index (χ1) is 8.53. The average Bonchev–Trinajstić information content (AvgIpc) is 2.36. The van der Waals surface area contributed by atoms with Crippen LogP contribution in [0.15, 0.2) is 0 Å². The molecular formula is C13H26N2O3. The van der Waals surface area contributed by atoms with Crippen LogP contribution in [0.1, 0.15) is 26.7 Å². The average molecular weight is 258 g/mol. The van der Waals surface area contributed by atoms with Gasteiger partial charge in [-0.1, -0.05) is 13.8 Å². The number of carbonyl (C=O) groups excluding carboxylic acids is 1. The summed E-state index contributed by atoms with van der Waals surface area (Å²) in [5, 5.41) is 6.26. The largest absolute Gasteiger partial charge is 0.385 e. The monoisotopic (exact) mass is 258 g/mol. The summed E-state index contributed by atoms with van der Waals surface area (Å²) in [7, 11) is 1.70. The summed E-state index contributed by atoms with van der Waals surface area (Å²) in [4.78, 5) is 11.8. The Hall–Kier alpha value is -0.650. The summed E-state index contributed by atoms with van der Waals surface area (Å²) >= 11 is 0. The van der Waals surface area contributed by atoms with Crippen molar-refractivity contribution in [2.75, 3.05) is 40.0 Å². The molecule has 5 heteroatoms. The second-order valence-electron chi connectivity index (χ2n) is 5.61. The second-order valence-corrected chi connectivity index (χ2v) is 5.61. The number of amides is 1. The van der Waals surface area contributed by atoms with E-state index in [4.69, 9.17) is 9.47 Å². The van der Waals surface area contributed by atoms with E-state index in [0.717, 1.165) is 26.2 Å². The van der Waals surface area contributed by atoms with Crippen LogP contribution in [0.5, 0.6) is 0 Å². The number of nitrogens with one attached hydrogen (secondary N) is 2. The van der Waals surface area contributed by atoms with Crippen molar-refractivity contribution in [2.24, 2.45) is 5.41 Å². The Morgan fingerprint density at radius 3 is 2.94 bits per heavy atom. The number of rotatable bonds is 7. The van der Waals surface area contributed by atoms with Gasteiger partial charge in [-0.25, -0.2) is 0 Å². The lowest BCUT2D eigenvalue weighted by Crippen LogP contribution is -2.45. The van der Waals surface area contributed by atoms with Crippen LogP contribution in [0.25, 0.3) is 0 Å². The van der Waals surface area contributed by atoms with E-state index in [1.165, 1.54) is 0 Å². The highest BCUT2D eigenvalue weighted by atomic mass is 16.5. The van der Waals surface area contributed by atoms with Crippen LogP contribution in [-0.2, 0) is 14.3 Å². The van der Waals surface area contributed by atoms with Gasteiger partial charge in [0.1, 0.15) is 0 Å². The third kappa shape index (κ3) is 6.33. The van der Waals surface area contributed by atoms with Crippen molar-refractivity contribution < 1.29 is 14.3 Å². The zero-order valence-corrected chi connectivity index (χ0v) is 11.8. The molecule has 1 aliphatic heterocycles. The van der Waals surface area contributed by atoms with Crippen LogP contribution in [0.2, 0.25) is 0 Å². The molecule has 1 heterocycles. The predicted molar refractivity (Wildman–Crippen MR) is 70.5 cm³/mol. The lowest BCUT2D eigenvalue weighted by Gasteiger charge is -2.26. The molecule has 5 nitrogen and oxygen atoms in total. The van der Waals surface area contributed by atoms with Gasteiger partial charge in [-0.3, -0.25) is 4.79 Å². The SMILES string of the molecule is COCCC(C)(C)CNC(=O)CC1COCCN1. The molecule has 2 N–H and O–H groups in total. The number of methoxy groups -OCH3 is 1. The minimum absolute atomic E-state index is 0.0716. The fourth-order valence-corrected chi connectivity index (χ4v) is 1.85. The molecule has 1 aliphatic rings. The molecular weight excluding hydrogens is 232 g/mol. The summed E-state index contributed by atoms with van der Waals surface area (Å²) in [6.07, 6.45) is 1.43. The third-order valence-corrected chi connectivity index (χ3v) is 3.18. The maximum absolute atomic E-state index is 11.8. The van der Waals surface area contributed by atoms with E-state index >= 15 is 0 Å². The predicted octanol–water partition coefficient (Wildman–Crippen LogP) is 0.544. The highest BCUT2D eigenvalue weighted by Crippen LogP contribution is 2.18.